The summed E-state index contributed by atoms with van der Waals surface area (Å²) < 4.78 is 2.20. The Labute approximate surface area is 112 Å². The molecule has 0 spiro atoms. The first-order chi connectivity index (χ1) is 9.43. The summed E-state index contributed by atoms with van der Waals surface area (Å²) in [6, 6.07) is 21.5. The Morgan fingerprint density at radius 1 is 0.684 bits per heavy atom. The average Bonchev–Trinajstić information content (AvgIpc) is 2.87. The highest BCUT2D eigenvalue weighted by molar-refractivity contribution is 5.78. The molecule has 2 aromatic carbocycles. The topological polar surface area (TPSA) is 3.88 Å². The lowest BCUT2D eigenvalue weighted by Crippen LogP contribution is -2.30. The number of hydrogen-bond acceptors (Lipinski definition) is 0. The van der Waals surface area contributed by atoms with Gasteiger partial charge in [0.1, 0.15) is 0 Å². The van der Waals surface area contributed by atoms with Crippen molar-refractivity contribution in [3.63, 3.8) is 0 Å². The molecule has 90 valence electrons. The van der Waals surface area contributed by atoms with Crippen LogP contribution in [0.5, 0.6) is 0 Å². The van der Waals surface area contributed by atoms with Crippen LogP contribution in [0.15, 0.2) is 73.1 Å². The zero-order valence-electron chi connectivity index (χ0n) is 10.6. The van der Waals surface area contributed by atoms with Crippen molar-refractivity contribution < 1.29 is 4.57 Å². The van der Waals surface area contributed by atoms with Crippen LogP contribution >= 0.6 is 0 Å². The molecule has 0 bridgehead atoms. The average molecular weight is 244 g/mol. The molecular weight excluding hydrogens is 230 g/mol. The van der Waals surface area contributed by atoms with Gasteiger partial charge in [-0.1, -0.05) is 42.5 Å². The van der Waals surface area contributed by atoms with E-state index in [0.29, 0.717) is 0 Å². The van der Waals surface area contributed by atoms with Crippen LogP contribution in [0.1, 0.15) is 11.1 Å². The third-order valence-electron chi connectivity index (χ3n) is 3.82. The Bertz CT molecular complexity index is 745. The van der Waals surface area contributed by atoms with Crippen molar-refractivity contribution in [2.75, 3.05) is 0 Å². The van der Waals surface area contributed by atoms with Crippen LogP contribution in [0, 0.1) is 0 Å². The number of pyridine rings is 1. The summed E-state index contributed by atoms with van der Waals surface area (Å²) in [7, 11) is 0. The highest BCUT2D eigenvalue weighted by atomic mass is 14.9. The molecule has 4 rings (SSSR count). The van der Waals surface area contributed by atoms with Gasteiger partial charge in [0.05, 0.1) is 0 Å². The van der Waals surface area contributed by atoms with Crippen LogP contribution in [-0.2, 0) is 6.42 Å². The summed E-state index contributed by atoms with van der Waals surface area (Å²) in [4.78, 5) is 0. The third kappa shape index (κ3) is 1.59. The van der Waals surface area contributed by atoms with Crippen LogP contribution in [0.25, 0.3) is 16.8 Å². The van der Waals surface area contributed by atoms with E-state index in [4.69, 9.17) is 0 Å². The monoisotopic (exact) mass is 244 g/mol. The van der Waals surface area contributed by atoms with E-state index in [1.54, 1.807) is 0 Å². The summed E-state index contributed by atoms with van der Waals surface area (Å²) in [5, 5.41) is 0. The molecule has 0 saturated heterocycles. The smallest absolute Gasteiger partial charge is 0.167 e. The molecule has 0 aliphatic heterocycles. The first-order valence-corrected chi connectivity index (χ1v) is 6.60. The van der Waals surface area contributed by atoms with Crippen LogP contribution in [0.4, 0.5) is 0 Å². The van der Waals surface area contributed by atoms with E-state index in [-0.39, 0.29) is 0 Å². The molecule has 1 heteroatoms. The second-order valence-electron chi connectivity index (χ2n) is 4.92. The largest absolute Gasteiger partial charge is 0.214 e. The van der Waals surface area contributed by atoms with Gasteiger partial charge in [0.15, 0.2) is 12.4 Å². The maximum atomic E-state index is 2.23. The third-order valence-corrected chi connectivity index (χ3v) is 3.82. The summed E-state index contributed by atoms with van der Waals surface area (Å²) in [6.45, 7) is 0. The number of rotatable bonds is 1. The van der Waals surface area contributed by atoms with Crippen molar-refractivity contribution in [3.8, 4) is 16.8 Å². The highest BCUT2D eigenvalue weighted by Gasteiger charge is 2.24. The minimum absolute atomic E-state index is 1.03. The van der Waals surface area contributed by atoms with Gasteiger partial charge in [-0.3, -0.25) is 0 Å². The van der Waals surface area contributed by atoms with Crippen molar-refractivity contribution >= 4 is 0 Å². The van der Waals surface area contributed by atoms with Gasteiger partial charge in [-0.25, -0.2) is 0 Å². The van der Waals surface area contributed by atoms with E-state index >= 15 is 0 Å². The zero-order valence-corrected chi connectivity index (χ0v) is 10.6. The predicted octanol–water partition coefficient (Wildman–Crippen LogP) is 3.53. The molecule has 0 amide bonds. The first-order valence-electron chi connectivity index (χ1n) is 6.60. The summed E-state index contributed by atoms with van der Waals surface area (Å²) in [5.41, 5.74) is 6.91. The van der Waals surface area contributed by atoms with Crippen molar-refractivity contribution in [1.82, 2.24) is 0 Å². The molecule has 0 radical (unpaired) electrons. The second-order valence-corrected chi connectivity index (χ2v) is 4.92. The fraction of sp³-hybridized carbons (Fsp3) is 0.0556. The number of aromatic nitrogens is 1. The Balaban J connectivity index is 1.95. The van der Waals surface area contributed by atoms with E-state index < -0.39 is 0 Å². The molecule has 1 aliphatic carbocycles. The minimum atomic E-state index is 1.03. The molecule has 19 heavy (non-hydrogen) atoms. The van der Waals surface area contributed by atoms with E-state index in [1.165, 1.54) is 27.9 Å². The second kappa shape index (κ2) is 4.06. The molecule has 1 aliphatic rings. The highest BCUT2D eigenvalue weighted by Crippen LogP contribution is 2.37. The van der Waals surface area contributed by atoms with Crippen LogP contribution in [-0.4, -0.2) is 0 Å². The van der Waals surface area contributed by atoms with Gasteiger partial charge in [0, 0.05) is 30.2 Å². The van der Waals surface area contributed by atoms with Crippen LogP contribution in [0.3, 0.4) is 0 Å². The molecular formula is C18H14N+. The van der Waals surface area contributed by atoms with Crippen molar-refractivity contribution in [3.05, 3.63) is 84.2 Å². The van der Waals surface area contributed by atoms with Crippen LogP contribution < -0.4 is 4.57 Å². The Hall–Kier alpha value is -2.41. The molecule has 0 fully saturated rings. The van der Waals surface area contributed by atoms with Gasteiger partial charge in [0.25, 0.3) is 0 Å². The van der Waals surface area contributed by atoms with Gasteiger partial charge in [-0.2, -0.15) is 4.57 Å². The maximum Gasteiger partial charge on any atom is 0.214 e. The van der Waals surface area contributed by atoms with Crippen molar-refractivity contribution in [2.45, 2.75) is 6.42 Å². The summed E-state index contributed by atoms with van der Waals surface area (Å²) >= 11 is 0. The fourth-order valence-electron chi connectivity index (χ4n) is 2.94. The number of benzene rings is 2. The van der Waals surface area contributed by atoms with Crippen LogP contribution in [0.2, 0.25) is 0 Å². The quantitative estimate of drug-likeness (QED) is 0.451. The standard InChI is InChI=1S/C18H14N/c1-4-11-19(12-5-1)18-10-6-9-16-15-8-3-2-7-14(15)13-17(16)18/h1-12H,13H2/q+1. The van der Waals surface area contributed by atoms with Gasteiger partial charge in [-0.15, -0.1) is 0 Å². The molecule has 0 atom stereocenters. The maximum absolute atomic E-state index is 2.23. The predicted molar refractivity (Wildman–Crippen MR) is 76.2 cm³/mol. The lowest BCUT2D eigenvalue weighted by Gasteiger charge is -2.03. The SMILES string of the molecule is c1cc[n+](-c2cccc3c2Cc2ccccc2-3)cc1. The van der Waals surface area contributed by atoms with Gasteiger partial charge < -0.3 is 0 Å². The normalized spacial score (nSPS) is 12.0. The van der Waals surface area contributed by atoms with Gasteiger partial charge in [0.2, 0.25) is 5.69 Å². The molecule has 0 N–H and O–H groups in total. The molecule has 3 aromatic rings. The first kappa shape index (κ1) is 10.5. The van der Waals surface area contributed by atoms with E-state index in [2.05, 4.69) is 77.6 Å². The number of hydrogen-bond donors (Lipinski definition) is 0. The molecule has 0 unspecified atom stereocenters. The van der Waals surface area contributed by atoms with E-state index in [0.717, 1.165) is 6.42 Å². The van der Waals surface area contributed by atoms with Crippen molar-refractivity contribution in [1.29, 1.82) is 0 Å². The summed E-state index contributed by atoms with van der Waals surface area (Å²) in [6.07, 6.45) is 5.25. The van der Waals surface area contributed by atoms with E-state index in [9.17, 15) is 0 Å². The molecule has 1 heterocycles. The van der Waals surface area contributed by atoms with Crippen molar-refractivity contribution in [2.24, 2.45) is 0 Å². The van der Waals surface area contributed by atoms with Gasteiger partial charge in [-0.05, 0) is 16.7 Å². The van der Waals surface area contributed by atoms with Gasteiger partial charge >= 0.3 is 0 Å². The lowest BCUT2D eigenvalue weighted by atomic mass is 10.0. The fourth-order valence-corrected chi connectivity index (χ4v) is 2.94. The zero-order chi connectivity index (χ0) is 12.7. The Kier molecular flexibility index (Phi) is 2.25. The number of fused-ring (bicyclic) bond motifs is 3. The summed E-state index contributed by atoms with van der Waals surface area (Å²) in [5.74, 6) is 0. The molecule has 0 saturated carbocycles. The molecule has 1 aromatic heterocycles. The molecule has 1 nitrogen and oxygen atoms in total. The van der Waals surface area contributed by atoms with E-state index in [1.807, 2.05) is 0 Å². The minimum Gasteiger partial charge on any atom is -0.167 e. The Morgan fingerprint density at radius 3 is 2.37 bits per heavy atom. The number of nitrogens with zero attached hydrogens (tertiary/aromatic N) is 1. The lowest BCUT2D eigenvalue weighted by molar-refractivity contribution is -0.596. The Morgan fingerprint density at radius 2 is 1.47 bits per heavy atom.